The number of primary amides is 1. The average Bonchev–Trinajstić information content (AvgIpc) is 2.70. The number of rotatable bonds is 2. The van der Waals surface area contributed by atoms with Gasteiger partial charge < -0.3 is 31.3 Å². The van der Waals surface area contributed by atoms with E-state index in [9.17, 15) is 50.0 Å². The number of phenols is 1. The molecule has 7 N–H and O–H groups in total. The lowest BCUT2D eigenvalue weighted by molar-refractivity contribution is -0.385. The van der Waals surface area contributed by atoms with Gasteiger partial charge in [-0.1, -0.05) is 13.0 Å². The number of nitrogens with zero attached hydrogens (tertiary/aromatic N) is 1. The van der Waals surface area contributed by atoms with E-state index >= 15 is 0 Å². The molecule has 170 valence electrons. The lowest BCUT2D eigenvalue weighted by Gasteiger charge is -2.56. The Labute approximate surface area is 179 Å². The van der Waals surface area contributed by atoms with Gasteiger partial charge >= 0.3 is 5.69 Å². The second kappa shape index (κ2) is 6.82. The van der Waals surface area contributed by atoms with E-state index in [0.717, 1.165) is 6.07 Å². The first-order valence-electron chi connectivity index (χ1n) is 9.75. The number of nitrogens with two attached hydrogens (primary N) is 1. The number of aliphatic hydroxyl groups excluding tert-OH is 3. The minimum absolute atomic E-state index is 0.191. The third-order valence-electron chi connectivity index (χ3n) is 7.13. The second-order valence-electron chi connectivity index (χ2n) is 8.49. The Hall–Kier alpha value is -3.35. The second-order valence-corrected chi connectivity index (χ2v) is 8.49. The Bertz CT molecular complexity index is 1130. The summed E-state index contributed by atoms with van der Waals surface area (Å²) in [4.78, 5) is 47.6. The molecule has 12 nitrogen and oxygen atoms in total. The van der Waals surface area contributed by atoms with Gasteiger partial charge in [-0.3, -0.25) is 24.5 Å². The highest BCUT2D eigenvalue weighted by atomic mass is 16.6. The number of benzene rings is 1. The van der Waals surface area contributed by atoms with Crippen molar-refractivity contribution in [1.29, 1.82) is 0 Å². The topological polar surface area (TPSA) is 222 Å². The van der Waals surface area contributed by atoms with E-state index in [-0.39, 0.29) is 5.56 Å². The molecule has 0 bridgehead atoms. The first kappa shape index (κ1) is 21.9. The predicted molar refractivity (Wildman–Crippen MR) is 103 cm³/mol. The molecule has 0 heterocycles. The zero-order valence-electron chi connectivity index (χ0n) is 16.6. The van der Waals surface area contributed by atoms with Gasteiger partial charge in [0.1, 0.15) is 17.4 Å². The first-order valence-corrected chi connectivity index (χ1v) is 9.75. The van der Waals surface area contributed by atoms with Gasteiger partial charge in [0.2, 0.25) is 5.75 Å². The number of nitro benzene ring substituents is 1. The van der Waals surface area contributed by atoms with Crippen LogP contribution in [0.15, 0.2) is 23.5 Å². The van der Waals surface area contributed by atoms with Gasteiger partial charge in [0, 0.05) is 24.3 Å². The van der Waals surface area contributed by atoms with E-state index in [1.54, 1.807) is 6.92 Å². The van der Waals surface area contributed by atoms with Gasteiger partial charge in [0.15, 0.2) is 17.2 Å². The van der Waals surface area contributed by atoms with Crippen LogP contribution in [-0.4, -0.2) is 65.7 Å². The van der Waals surface area contributed by atoms with Crippen molar-refractivity contribution in [2.75, 3.05) is 0 Å². The number of aliphatic hydroxyl groups is 4. The maximum atomic E-state index is 13.3. The van der Waals surface area contributed by atoms with E-state index in [0.29, 0.717) is 0 Å². The maximum absolute atomic E-state index is 13.3. The fourth-order valence-corrected chi connectivity index (χ4v) is 5.61. The molecule has 1 aromatic rings. The number of hydrogen-bond acceptors (Lipinski definition) is 10. The zero-order valence-corrected chi connectivity index (χ0v) is 16.6. The molecule has 7 atom stereocenters. The van der Waals surface area contributed by atoms with Crippen LogP contribution >= 0.6 is 0 Å². The van der Waals surface area contributed by atoms with Crippen LogP contribution in [0.3, 0.4) is 0 Å². The molecule has 1 aromatic carbocycles. The van der Waals surface area contributed by atoms with Gasteiger partial charge in [-0.05, 0) is 11.5 Å². The van der Waals surface area contributed by atoms with Gasteiger partial charge in [0.25, 0.3) is 5.91 Å². The number of aromatic hydroxyl groups is 1. The minimum atomic E-state index is -2.76. The summed E-state index contributed by atoms with van der Waals surface area (Å²) < 4.78 is 0. The number of ketones is 2. The van der Waals surface area contributed by atoms with E-state index in [4.69, 9.17) is 5.73 Å². The third-order valence-corrected chi connectivity index (χ3v) is 7.13. The van der Waals surface area contributed by atoms with Gasteiger partial charge in [-0.15, -0.1) is 0 Å². The Morgan fingerprint density at radius 1 is 1.25 bits per heavy atom. The quantitative estimate of drug-likeness (QED) is 0.187. The van der Waals surface area contributed by atoms with E-state index in [1.807, 2.05) is 0 Å². The molecule has 4 rings (SSSR count). The van der Waals surface area contributed by atoms with Crippen molar-refractivity contribution in [1.82, 2.24) is 0 Å². The van der Waals surface area contributed by atoms with Crippen LogP contribution in [0.2, 0.25) is 0 Å². The molecule has 1 fully saturated rings. The van der Waals surface area contributed by atoms with Crippen molar-refractivity contribution in [3.05, 3.63) is 44.7 Å². The number of nitro groups is 1. The zero-order chi connectivity index (χ0) is 23.9. The fraction of sp³-hybridized carbons (Fsp3) is 0.450. The number of Topliss-reactive ketones (excluding diaryl/α,β-unsaturated/α-hetero) is 2. The molecule has 0 saturated heterocycles. The lowest BCUT2D eigenvalue weighted by Crippen LogP contribution is -2.69. The normalized spacial score (nSPS) is 36.2. The number of amides is 1. The molecule has 32 heavy (non-hydrogen) atoms. The monoisotopic (exact) mass is 448 g/mol. The summed E-state index contributed by atoms with van der Waals surface area (Å²) >= 11 is 0. The summed E-state index contributed by atoms with van der Waals surface area (Å²) in [6, 6.07) is 2.28. The Morgan fingerprint density at radius 2 is 1.88 bits per heavy atom. The van der Waals surface area contributed by atoms with Crippen LogP contribution in [-0.2, 0) is 9.59 Å². The van der Waals surface area contributed by atoms with Crippen LogP contribution in [0.1, 0.15) is 35.2 Å². The van der Waals surface area contributed by atoms with Crippen LogP contribution < -0.4 is 5.73 Å². The lowest BCUT2D eigenvalue weighted by atomic mass is 9.51. The minimum Gasteiger partial charge on any atom is -0.508 e. The van der Waals surface area contributed by atoms with Crippen molar-refractivity contribution in [2.24, 2.45) is 23.5 Å². The SMILES string of the molecule is C[C@@H]1c2ccc([N+](=O)[O-])c(O)c2C(=O)C2C1[C@H](O)C1CC(=O)C(C(N)=O)=C(O)C1(O)C2O. The van der Waals surface area contributed by atoms with Crippen LogP contribution in [0.25, 0.3) is 0 Å². The van der Waals surface area contributed by atoms with Gasteiger partial charge in [-0.2, -0.15) is 0 Å². The predicted octanol–water partition coefficient (Wildman–Crippen LogP) is -0.815. The molecule has 0 spiro atoms. The van der Waals surface area contributed by atoms with Crippen molar-refractivity contribution in [3.63, 3.8) is 0 Å². The molecule has 0 aromatic heterocycles. The highest BCUT2D eigenvalue weighted by Crippen LogP contribution is 2.56. The molecule has 3 aliphatic rings. The largest absolute Gasteiger partial charge is 0.508 e. The summed E-state index contributed by atoms with van der Waals surface area (Å²) in [7, 11) is 0. The Morgan fingerprint density at radius 3 is 2.44 bits per heavy atom. The van der Waals surface area contributed by atoms with Gasteiger partial charge in [-0.25, -0.2) is 0 Å². The Kier molecular flexibility index (Phi) is 4.66. The average molecular weight is 448 g/mol. The van der Waals surface area contributed by atoms with Crippen molar-refractivity contribution in [2.45, 2.75) is 37.1 Å². The van der Waals surface area contributed by atoms with E-state index in [2.05, 4.69) is 0 Å². The van der Waals surface area contributed by atoms with E-state index in [1.165, 1.54) is 6.07 Å². The summed E-state index contributed by atoms with van der Waals surface area (Å²) in [6.07, 6.45) is -4.34. The number of fused-ring (bicyclic) bond motifs is 3. The van der Waals surface area contributed by atoms with Crippen molar-refractivity contribution >= 4 is 23.2 Å². The Balaban J connectivity index is 1.94. The highest BCUT2D eigenvalue weighted by molar-refractivity contribution is 6.20. The molecule has 5 unspecified atom stereocenters. The first-order chi connectivity index (χ1) is 14.8. The van der Waals surface area contributed by atoms with Crippen LogP contribution in [0, 0.1) is 27.9 Å². The molecule has 12 heteroatoms. The molecule has 3 aliphatic carbocycles. The molecular formula is C20H20N2O10. The molecular weight excluding hydrogens is 428 g/mol. The molecule has 0 radical (unpaired) electrons. The maximum Gasteiger partial charge on any atom is 0.311 e. The molecule has 1 amide bonds. The summed E-state index contributed by atoms with van der Waals surface area (Å²) in [5, 5.41) is 65.5. The van der Waals surface area contributed by atoms with Crippen molar-refractivity contribution < 1.29 is 44.8 Å². The van der Waals surface area contributed by atoms with Crippen LogP contribution in [0.5, 0.6) is 5.75 Å². The third kappa shape index (κ3) is 2.51. The molecule has 1 saturated carbocycles. The molecule has 0 aliphatic heterocycles. The summed E-state index contributed by atoms with van der Waals surface area (Å²) in [6.45, 7) is 1.56. The number of carbonyl (C=O) groups is 3. The summed E-state index contributed by atoms with van der Waals surface area (Å²) in [5.74, 6) is -10.3. The number of carbonyl (C=O) groups excluding carboxylic acids is 3. The van der Waals surface area contributed by atoms with Gasteiger partial charge in [0.05, 0.1) is 22.5 Å². The van der Waals surface area contributed by atoms with Crippen LogP contribution in [0.4, 0.5) is 5.69 Å². The van der Waals surface area contributed by atoms with E-state index < -0.39 is 98.6 Å². The smallest absolute Gasteiger partial charge is 0.311 e. The summed E-state index contributed by atoms with van der Waals surface area (Å²) in [5.41, 5.74) is 0.427. The number of hydrogen-bond donors (Lipinski definition) is 6. The fourth-order valence-electron chi connectivity index (χ4n) is 5.61. The van der Waals surface area contributed by atoms with Crippen molar-refractivity contribution in [3.8, 4) is 5.75 Å². The standard InChI is InChI=1S/C20H20N2O10/c1-5-6-2-3-8(22(31)32)15(25)11(6)16(26)13-10(5)14(24)7-4-9(23)12(19(21)29)17(27)20(7,30)18(13)28/h2-3,5,7,10,13-14,18,24-25,27-28,30H,4H2,1H3,(H2,21,29)/t5-,7?,10?,13?,14-,18?,20?/m1/s1. The highest BCUT2D eigenvalue weighted by Gasteiger charge is 2.67. The number of phenolic OH excluding ortho intramolecular Hbond substituents is 1.